The Morgan fingerprint density at radius 1 is 1.05 bits per heavy atom. The quantitative estimate of drug-likeness (QED) is 0.863. The monoisotopic (exact) mass is 259 g/mol. The maximum absolute atomic E-state index is 6.16. The molecule has 2 heteroatoms. The molecule has 0 aliphatic carbocycles. The molecule has 0 bridgehead atoms. The van der Waals surface area contributed by atoms with Gasteiger partial charge in [0.15, 0.2) is 0 Å². The Morgan fingerprint density at radius 2 is 1.68 bits per heavy atom. The van der Waals surface area contributed by atoms with E-state index in [1.807, 2.05) is 0 Å². The highest BCUT2D eigenvalue weighted by atomic mass is 16.3. The second-order valence-electron chi connectivity index (χ2n) is 6.03. The van der Waals surface area contributed by atoms with Gasteiger partial charge in [0.1, 0.15) is 11.3 Å². The molecule has 19 heavy (non-hydrogen) atoms. The summed E-state index contributed by atoms with van der Waals surface area (Å²) in [4.78, 5) is 0. The van der Waals surface area contributed by atoms with Crippen LogP contribution in [-0.4, -0.2) is 6.04 Å². The zero-order chi connectivity index (χ0) is 14.2. The molecule has 0 fully saturated rings. The molecule has 0 aliphatic heterocycles. The minimum Gasteiger partial charge on any atom is -0.459 e. The highest BCUT2D eigenvalue weighted by molar-refractivity contribution is 5.88. The molecule has 0 spiro atoms. The molecule has 0 aliphatic rings. The topological polar surface area (TPSA) is 25.2 Å². The van der Waals surface area contributed by atoms with E-state index < -0.39 is 0 Å². The van der Waals surface area contributed by atoms with Crippen LogP contribution in [0.2, 0.25) is 0 Å². The summed E-state index contributed by atoms with van der Waals surface area (Å²) in [5.41, 5.74) is 4.95. The first-order chi connectivity index (χ1) is 8.91. The van der Waals surface area contributed by atoms with Gasteiger partial charge in [-0.05, 0) is 30.9 Å². The van der Waals surface area contributed by atoms with Crippen molar-refractivity contribution in [3.63, 3.8) is 0 Å². The average Bonchev–Trinajstić information content (AvgIpc) is 2.72. The van der Waals surface area contributed by atoms with Crippen LogP contribution in [-0.2, 0) is 6.54 Å². The number of aryl methyl sites for hydroxylation is 2. The maximum atomic E-state index is 6.16. The third-order valence-corrected chi connectivity index (χ3v) is 3.61. The normalized spacial score (nSPS) is 12.0. The molecule has 1 aromatic carbocycles. The van der Waals surface area contributed by atoms with Crippen LogP contribution in [0.1, 0.15) is 56.1 Å². The molecule has 1 N–H and O–H groups in total. The summed E-state index contributed by atoms with van der Waals surface area (Å²) >= 11 is 0. The Labute approximate surface area is 116 Å². The highest BCUT2D eigenvalue weighted by Gasteiger charge is 2.19. The number of nitrogens with one attached hydrogen (secondary N) is 1. The van der Waals surface area contributed by atoms with Gasteiger partial charge in [-0.2, -0.15) is 0 Å². The number of benzene rings is 1. The smallest absolute Gasteiger partial charge is 0.137 e. The summed E-state index contributed by atoms with van der Waals surface area (Å²) in [6, 6.07) is 4.80. The van der Waals surface area contributed by atoms with E-state index in [9.17, 15) is 0 Å². The van der Waals surface area contributed by atoms with Crippen molar-refractivity contribution in [1.29, 1.82) is 0 Å². The van der Waals surface area contributed by atoms with E-state index >= 15 is 0 Å². The van der Waals surface area contributed by atoms with Crippen LogP contribution in [0.5, 0.6) is 0 Å². The van der Waals surface area contributed by atoms with Crippen molar-refractivity contribution in [1.82, 2.24) is 5.32 Å². The molecule has 1 heterocycles. The summed E-state index contributed by atoms with van der Waals surface area (Å²) in [7, 11) is 0. The lowest BCUT2D eigenvalue weighted by Gasteiger charge is -2.10. The Morgan fingerprint density at radius 3 is 2.26 bits per heavy atom. The highest BCUT2D eigenvalue weighted by Crippen LogP contribution is 2.35. The molecule has 0 saturated carbocycles. The summed E-state index contributed by atoms with van der Waals surface area (Å²) < 4.78 is 6.16. The molecule has 2 rings (SSSR count). The lowest BCUT2D eigenvalue weighted by atomic mass is 9.95. The first-order valence-corrected chi connectivity index (χ1v) is 7.16. The molecule has 2 aromatic rings. The van der Waals surface area contributed by atoms with Crippen LogP contribution in [0, 0.1) is 13.8 Å². The lowest BCUT2D eigenvalue weighted by molar-refractivity contribution is 0.480. The largest absolute Gasteiger partial charge is 0.459 e. The van der Waals surface area contributed by atoms with Crippen molar-refractivity contribution in [2.24, 2.45) is 0 Å². The molecular weight excluding hydrogens is 234 g/mol. The minimum absolute atomic E-state index is 0.468. The van der Waals surface area contributed by atoms with Gasteiger partial charge in [-0.3, -0.25) is 0 Å². The van der Waals surface area contributed by atoms with Crippen molar-refractivity contribution in [2.75, 3.05) is 0 Å². The van der Waals surface area contributed by atoms with Crippen molar-refractivity contribution in [3.05, 3.63) is 34.6 Å². The first kappa shape index (κ1) is 14.1. The van der Waals surface area contributed by atoms with Gasteiger partial charge in [-0.1, -0.05) is 39.8 Å². The molecule has 1 aromatic heterocycles. The Kier molecular flexibility index (Phi) is 4.00. The maximum Gasteiger partial charge on any atom is 0.137 e. The Bertz CT molecular complexity index is 578. The molecule has 0 saturated heterocycles. The van der Waals surface area contributed by atoms with Crippen LogP contribution in [0.4, 0.5) is 0 Å². The second kappa shape index (κ2) is 5.38. The second-order valence-corrected chi connectivity index (χ2v) is 6.03. The predicted molar refractivity (Wildman–Crippen MR) is 81.8 cm³/mol. The number of furan rings is 1. The summed E-state index contributed by atoms with van der Waals surface area (Å²) in [6.45, 7) is 13.9. The van der Waals surface area contributed by atoms with Crippen LogP contribution >= 0.6 is 0 Å². The van der Waals surface area contributed by atoms with Crippen molar-refractivity contribution >= 4 is 11.0 Å². The average molecular weight is 259 g/mol. The summed E-state index contributed by atoms with van der Waals surface area (Å²) in [5.74, 6) is 1.57. The predicted octanol–water partition coefficient (Wildman–Crippen LogP) is 4.67. The fraction of sp³-hybridized carbons (Fsp3) is 0.529. The third kappa shape index (κ3) is 2.69. The molecule has 2 nitrogen and oxygen atoms in total. The van der Waals surface area contributed by atoms with Crippen molar-refractivity contribution in [2.45, 2.75) is 60.0 Å². The lowest BCUT2D eigenvalue weighted by Crippen LogP contribution is -2.22. The zero-order valence-corrected chi connectivity index (χ0v) is 12.9. The van der Waals surface area contributed by atoms with Gasteiger partial charge in [-0.25, -0.2) is 0 Å². The van der Waals surface area contributed by atoms with E-state index in [4.69, 9.17) is 4.42 Å². The molecule has 0 atom stereocenters. The van der Waals surface area contributed by atoms with E-state index in [0.717, 1.165) is 17.9 Å². The van der Waals surface area contributed by atoms with E-state index in [-0.39, 0.29) is 0 Å². The van der Waals surface area contributed by atoms with Gasteiger partial charge in [0.05, 0.1) is 6.54 Å². The van der Waals surface area contributed by atoms with Crippen LogP contribution < -0.4 is 5.32 Å². The fourth-order valence-electron chi connectivity index (χ4n) is 2.61. The standard InChI is InChI=1S/C17H25NO/c1-10(2)15-14(9-18-11(3)4)19-17-13(6)8-7-12(5)16(15)17/h7-8,10-11,18H,9H2,1-6H3. The molecule has 0 radical (unpaired) electrons. The third-order valence-electron chi connectivity index (χ3n) is 3.61. The molecule has 0 unspecified atom stereocenters. The zero-order valence-electron chi connectivity index (χ0n) is 12.9. The fourth-order valence-corrected chi connectivity index (χ4v) is 2.61. The van der Waals surface area contributed by atoms with Crippen LogP contribution in [0.3, 0.4) is 0 Å². The Hall–Kier alpha value is -1.28. The van der Waals surface area contributed by atoms with Gasteiger partial charge in [-0.15, -0.1) is 0 Å². The number of rotatable bonds is 4. The molecule has 104 valence electrons. The molecule has 0 amide bonds. The van der Waals surface area contributed by atoms with Gasteiger partial charge in [0.25, 0.3) is 0 Å². The van der Waals surface area contributed by atoms with Crippen LogP contribution in [0.15, 0.2) is 16.5 Å². The van der Waals surface area contributed by atoms with Crippen molar-refractivity contribution < 1.29 is 4.42 Å². The van der Waals surface area contributed by atoms with Crippen LogP contribution in [0.25, 0.3) is 11.0 Å². The van der Waals surface area contributed by atoms with E-state index in [2.05, 4.69) is 59.0 Å². The SMILES string of the molecule is Cc1ccc(C)c2c(C(C)C)c(CNC(C)C)oc12. The summed E-state index contributed by atoms with van der Waals surface area (Å²) in [6.07, 6.45) is 0. The van der Waals surface area contributed by atoms with Gasteiger partial charge in [0, 0.05) is 17.0 Å². The summed E-state index contributed by atoms with van der Waals surface area (Å²) in [5, 5.41) is 4.78. The molecular formula is C17H25NO. The number of hydrogen-bond acceptors (Lipinski definition) is 2. The van der Waals surface area contributed by atoms with Gasteiger partial charge in [0.2, 0.25) is 0 Å². The number of hydrogen-bond donors (Lipinski definition) is 1. The van der Waals surface area contributed by atoms with Gasteiger partial charge >= 0.3 is 0 Å². The van der Waals surface area contributed by atoms with E-state index in [1.54, 1.807) is 0 Å². The Balaban J connectivity index is 2.60. The first-order valence-electron chi connectivity index (χ1n) is 7.16. The minimum atomic E-state index is 0.468. The van der Waals surface area contributed by atoms with Gasteiger partial charge < -0.3 is 9.73 Å². The van der Waals surface area contributed by atoms with E-state index in [0.29, 0.717) is 12.0 Å². The van der Waals surface area contributed by atoms with Crippen molar-refractivity contribution in [3.8, 4) is 0 Å². The number of fused-ring (bicyclic) bond motifs is 1. The van der Waals surface area contributed by atoms with E-state index in [1.165, 1.54) is 22.1 Å².